The summed E-state index contributed by atoms with van der Waals surface area (Å²) in [5.74, 6) is 0.446. The van der Waals surface area contributed by atoms with Gasteiger partial charge in [-0.2, -0.15) is 9.97 Å². The third-order valence-corrected chi connectivity index (χ3v) is 3.02. The van der Waals surface area contributed by atoms with Gasteiger partial charge in [-0.05, 0) is 6.07 Å². The summed E-state index contributed by atoms with van der Waals surface area (Å²) in [6.07, 6.45) is 1.60. The molecule has 20 heavy (non-hydrogen) atoms. The summed E-state index contributed by atoms with van der Waals surface area (Å²) in [7, 11) is 1.73. The zero-order valence-electron chi connectivity index (χ0n) is 10.8. The molecule has 3 N–H and O–H groups in total. The average Bonchev–Trinajstić information content (AvgIpc) is 2.83. The maximum Gasteiger partial charge on any atom is 0.224 e. The van der Waals surface area contributed by atoms with E-state index in [0.29, 0.717) is 29.1 Å². The Morgan fingerprint density at radius 3 is 2.85 bits per heavy atom. The first kappa shape index (κ1) is 12.3. The van der Waals surface area contributed by atoms with Gasteiger partial charge in [-0.1, -0.05) is 18.2 Å². The fourth-order valence-corrected chi connectivity index (χ4v) is 2.06. The van der Waals surface area contributed by atoms with Crippen LogP contribution in [0.25, 0.3) is 11.2 Å². The molecule has 2 heterocycles. The molecule has 0 saturated carbocycles. The second kappa shape index (κ2) is 4.76. The van der Waals surface area contributed by atoms with Gasteiger partial charge in [0.25, 0.3) is 0 Å². The molecule has 0 bridgehead atoms. The van der Waals surface area contributed by atoms with E-state index in [4.69, 9.17) is 5.73 Å². The van der Waals surface area contributed by atoms with Crippen LogP contribution in [0.1, 0.15) is 5.56 Å². The molecule has 102 valence electrons. The number of nitrogen functional groups attached to an aromatic ring is 1. The fourth-order valence-electron chi connectivity index (χ4n) is 2.06. The first-order chi connectivity index (χ1) is 9.69. The van der Waals surface area contributed by atoms with E-state index in [1.165, 1.54) is 6.07 Å². The van der Waals surface area contributed by atoms with E-state index in [1.54, 1.807) is 36.1 Å². The third kappa shape index (κ3) is 2.03. The molecule has 0 unspecified atom stereocenters. The number of nitrogens with zero attached hydrogens (tertiary/aromatic N) is 4. The summed E-state index contributed by atoms with van der Waals surface area (Å²) < 4.78 is 15.4. The smallest absolute Gasteiger partial charge is 0.224 e. The number of hydrogen-bond donors (Lipinski definition) is 2. The second-order valence-electron chi connectivity index (χ2n) is 4.32. The van der Waals surface area contributed by atoms with Crippen LogP contribution >= 0.6 is 0 Å². The van der Waals surface area contributed by atoms with E-state index in [-0.39, 0.29) is 11.8 Å². The van der Waals surface area contributed by atoms with Gasteiger partial charge in [0.2, 0.25) is 5.95 Å². The molecule has 3 rings (SSSR count). The quantitative estimate of drug-likeness (QED) is 0.757. The summed E-state index contributed by atoms with van der Waals surface area (Å²) in [6, 6.07) is 6.60. The van der Waals surface area contributed by atoms with E-state index in [9.17, 15) is 4.39 Å². The van der Waals surface area contributed by atoms with Crippen LogP contribution in [0, 0.1) is 5.82 Å². The van der Waals surface area contributed by atoms with E-state index in [0.717, 1.165) is 0 Å². The number of nitrogens with one attached hydrogen (secondary N) is 1. The summed E-state index contributed by atoms with van der Waals surface area (Å²) >= 11 is 0. The molecule has 2 aromatic heterocycles. The number of nitrogens with two attached hydrogens (primary N) is 1. The molecule has 0 spiro atoms. The Bertz CT molecular complexity index is 767. The Balaban J connectivity index is 2.09. The highest BCUT2D eigenvalue weighted by Crippen LogP contribution is 2.20. The largest absolute Gasteiger partial charge is 0.371 e. The van der Waals surface area contributed by atoms with E-state index < -0.39 is 0 Å². The van der Waals surface area contributed by atoms with Crippen LogP contribution in [0.4, 0.5) is 16.2 Å². The predicted molar refractivity (Wildman–Crippen MR) is 74.8 cm³/mol. The number of halogens is 1. The first-order valence-corrected chi connectivity index (χ1v) is 6.08. The van der Waals surface area contributed by atoms with Crippen LogP contribution in [0.5, 0.6) is 0 Å². The molecule has 1 aromatic carbocycles. The Morgan fingerprint density at radius 1 is 1.30 bits per heavy atom. The molecule has 0 aliphatic rings. The van der Waals surface area contributed by atoms with E-state index in [2.05, 4.69) is 20.3 Å². The van der Waals surface area contributed by atoms with Crippen molar-refractivity contribution in [2.24, 2.45) is 0 Å². The van der Waals surface area contributed by atoms with Crippen molar-refractivity contribution in [3.05, 3.63) is 42.0 Å². The van der Waals surface area contributed by atoms with E-state index in [1.807, 2.05) is 0 Å². The lowest BCUT2D eigenvalue weighted by atomic mass is 10.2. The maximum absolute atomic E-state index is 13.7. The highest BCUT2D eigenvalue weighted by atomic mass is 19.1. The number of imidazole rings is 1. The lowest BCUT2D eigenvalue weighted by Gasteiger charge is -2.06. The lowest BCUT2D eigenvalue weighted by Crippen LogP contribution is -2.05. The summed E-state index contributed by atoms with van der Waals surface area (Å²) in [5, 5.41) is 2.92. The minimum atomic E-state index is -0.259. The van der Waals surface area contributed by atoms with Gasteiger partial charge in [0.15, 0.2) is 17.0 Å². The van der Waals surface area contributed by atoms with Crippen LogP contribution in [0.2, 0.25) is 0 Å². The highest BCUT2D eigenvalue weighted by Gasteiger charge is 2.12. The summed E-state index contributed by atoms with van der Waals surface area (Å²) in [6.45, 7) is 0.336. The first-order valence-electron chi connectivity index (χ1n) is 6.08. The van der Waals surface area contributed by atoms with Gasteiger partial charge >= 0.3 is 0 Å². The molecule has 0 aliphatic carbocycles. The van der Waals surface area contributed by atoms with E-state index >= 15 is 0 Å². The SMILES string of the molecule is CNc1nc(N)nc2c1ncn2Cc1ccccc1F. The molecule has 6 nitrogen and oxygen atoms in total. The monoisotopic (exact) mass is 272 g/mol. The minimum Gasteiger partial charge on any atom is -0.371 e. The Morgan fingerprint density at radius 2 is 2.10 bits per heavy atom. The topological polar surface area (TPSA) is 81.7 Å². The zero-order chi connectivity index (χ0) is 14.1. The van der Waals surface area contributed by atoms with Gasteiger partial charge in [-0.25, -0.2) is 9.37 Å². The minimum absolute atomic E-state index is 0.150. The van der Waals surface area contributed by atoms with Gasteiger partial charge in [0.1, 0.15) is 5.82 Å². The number of benzene rings is 1. The van der Waals surface area contributed by atoms with Crippen molar-refractivity contribution in [2.75, 3.05) is 18.1 Å². The van der Waals surface area contributed by atoms with Crippen molar-refractivity contribution in [3.63, 3.8) is 0 Å². The van der Waals surface area contributed by atoms with Crippen molar-refractivity contribution in [1.82, 2.24) is 19.5 Å². The van der Waals surface area contributed by atoms with Crippen LogP contribution in [-0.4, -0.2) is 26.6 Å². The summed E-state index contributed by atoms with van der Waals surface area (Å²) in [5.41, 5.74) is 7.42. The van der Waals surface area contributed by atoms with Gasteiger partial charge in [0.05, 0.1) is 12.9 Å². The number of fused-ring (bicyclic) bond motifs is 1. The number of hydrogen-bond acceptors (Lipinski definition) is 5. The van der Waals surface area contributed by atoms with Crippen molar-refractivity contribution >= 4 is 22.9 Å². The Kier molecular flexibility index (Phi) is 2.94. The van der Waals surface area contributed by atoms with Crippen LogP contribution in [0.15, 0.2) is 30.6 Å². The number of aromatic nitrogens is 4. The lowest BCUT2D eigenvalue weighted by molar-refractivity contribution is 0.601. The van der Waals surface area contributed by atoms with Gasteiger partial charge in [-0.15, -0.1) is 0 Å². The molecule has 0 amide bonds. The van der Waals surface area contributed by atoms with Gasteiger partial charge in [0, 0.05) is 12.6 Å². The van der Waals surface area contributed by atoms with Crippen LogP contribution in [-0.2, 0) is 6.54 Å². The predicted octanol–water partition coefficient (Wildman–Crippen LogP) is 1.64. The van der Waals surface area contributed by atoms with Crippen molar-refractivity contribution < 1.29 is 4.39 Å². The van der Waals surface area contributed by atoms with Crippen molar-refractivity contribution in [3.8, 4) is 0 Å². The second-order valence-corrected chi connectivity index (χ2v) is 4.32. The molecule has 0 atom stereocenters. The number of anilines is 2. The highest BCUT2D eigenvalue weighted by molar-refractivity contribution is 5.84. The molecule has 0 radical (unpaired) electrons. The summed E-state index contributed by atoms with van der Waals surface area (Å²) in [4.78, 5) is 12.5. The Hall–Kier alpha value is -2.70. The van der Waals surface area contributed by atoms with Gasteiger partial charge < -0.3 is 15.6 Å². The Labute approximate surface area is 114 Å². The average molecular weight is 272 g/mol. The fraction of sp³-hybridized carbons (Fsp3) is 0.154. The molecular weight excluding hydrogens is 259 g/mol. The van der Waals surface area contributed by atoms with Crippen molar-refractivity contribution in [1.29, 1.82) is 0 Å². The van der Waals surface area contributed by atoms with Crippen LogP contribution < -0.4 is 11.1 Å². The molecule has 0 fully saturated rings. The standard InChI is InChI=1S/C13H13FN6/c1-16-11-10-12(19-13(15)18-11)20(7-17-10)6-8-4-2-3-5-9(8)14/h2-5,7H,6H2,1H3,(H3,15,16,18,19). The third-order valence-electron chi connectivity index (χ3n) is 3.02. The van der Waals surface area contributed by atoms with Crippen molar-refractivity contribution in [2.45, 2.75) is 6.54 Å². The molecule has 3 aromatic rings. The van der Waals surface area contributed by atoms with Gasteiger partial charge in [-0.3, -0.25) is 0 Å². The normalized spacial score (nSPS) is 10.9. The molecular formula is C13H13FN6. The molecule has 0 saturated heterocycles. The number of rotatable bonds is 3. The molecule has 0 aliphatic heterocycles. The van der Waals surface area contributed by atoms with Crippen LogP contribution in [0.3, 0.4) is 0 Å². The zero-order valence-corrected chi connectivity index (χ0v) is 10.8. The molecule has 7 heteroatoms. The maximum atomic E-state index is 13.7.